The third kappa shape index (κ3) is 3.95. The standard InChI is InChI=1S/C41H25N5O/c1-3-8-26(9-4-1)28-13-16-33-31-17-14-29(23-35(31)39-43-20-21-45(39)37(33)22-28)47-30-15-18-32-34-12-7-19-42-40(34)46-38(27-10-5-2-6-11-27)25-44-41(46)36(32)24-30/h1-25H. The summed E-state index contributed by atoms with van der Waals surface area (Å²) in [6.45, 7) is 0. The van der Waals surface area contributed by atoms with E-state index in [9.17, 15) is 0 Å². The number of pyridine rings is 3. The molecule has 5 heterocycles. The predicted octanol–water partition coefficient (Wildman–Crippen LogP) is 10.1. The highest BCUT2D eigenvalue weighted by Gasteiger charge is 2.17. The van der Waals surface area contributed by atoms with Crippen molar-refractivity contribution in [1.29, 1.82) is 0 Å². The third-order valence-corrected chi connectivity index (χ3v) is 9.11. The first kappa shape index (κ1) is 25.8. The molecule has 0 amide bonds. The highest BCUT2D eigenvalue weighted by atomic mass is 16.5. The second-order valence-electron chi connectivity index (χ2n) is 11.8. The monoisotopic (exact) mass is 603 g/mol. The Balaban J connectivity index is 1.11. The molecule has 10 aromatic rings. The molecule has 0 saturated carbocycles. The number of hydrogen-bond donors (Lipinski definition) is 0. The molecule has 0 radical (unpaired) electrons. The summed E-state index contributed by atoms with van der Waals surface area (Å²) in [7, 11) is 0. The largest absolute Gasteiger partial charge is 0.457 e. The van der Waals surface area contributed by atoms with Crippen molar-refractivity contribution < 1.29 is 4.74 Å². The van der Waals surface area contributed by atoms with Gasteiger partial charge in [0.05, 0.1) is 17.4 Å². The Kier molecular flexibility index (Phi) is 5.48. The number of nitrogens with zero attached hydrogens (tertiary/aromatic N) is 5. The molecule has 47 heavy (non-hydrogen) atoms. The molecular weight excluding hydrogens is 578 g/mol. The zero-order valence-electron chi connectivity index (χ0n) is 25.1. The Morgan fingerprint density at radius 3 is 1.89 bits per heavy atom. The fourth-order valence-corrected chi connectivity index (χ4v) is 6.97. The molecule has 5 aromatic heterocycles. The van der Waals surface area contributed by atoms with Gasteiger partial charge in [-0.1, -0.05) is 72.8 Å². The maximum Gasteiger partial charge on any atom is 0.146 e. The first-order chi connectivity index (χ1) is 23.3. The summed E-state index contributed by atoms with van der Waals surface area (Å²) in [5, 5.41) is 6.48. The highest BCUT2D eigenvalue weighted by Crippen LogP contribution is 2.38. The van der Waals surface area contributed by atoms with Gasteiger partial charge in [-0.05, 0) is 76.5 Å². The van der Waals surface area contributed by atoms with Crippen LogP contribution < -0.4 is 4.74 Å². The van der Waals surface area contributed by atoms with Crippen LogP contribution in [-0.4, -0.2) is 23.8 Å². The molecule has 0 saturated heterocycles. The van der Waals surface area contributed by atoms with Crippen LogP contribution >= 0.6 is 0 Å². The van der Waals surface area contributed by atoms with Gasteiger partial charge in [-0.15, -0.1) is 0 Å². The molecule has 0 bridgehead atoms. The number of fused-ring (bicyclic) bond motifs is 12. The van der Waals surface area contributed by atoms with E-state index in [1.54, 1.807) is 0 Å². The summed E-state index contributed by atoms with van der Waals surface area (Å²) >= 11 is 0. The summed E-state index contributed by atoms with van der Waals surface area (Å²) in [6.07, 6.45) is 7.65. The van der Waals surface area contributed by atoms with E-state index in [1.165, 1.54) is 16.5 Å². The lowest BCUT2D eigenvalue weighted by molar-refractivity contribution is 0.484. The van der Waals surface area contributed by atoms with E-state index in [0.29, 0.717) is 0 Å². The van der Waals surface area contributed by atoms with Gasteiger partial charge >= 0.3 is 0 Å². The zero-order valence-corrected chi connectivity index (χ0v) is 25.1. The molecule has 220 valence electrons. The van der Waals surface area contributed by atoms with Gasteiger partial charge in [0.25, 0.3) is 0 Å². The molecule has 0 unspecified atom stereocenters. The van der Waals surface area contributed by atoms with Crippen LogP contribution in [-0.2, 0) is 0 Å². The van der Waals surface area contributed by atoms with Crippen molar-refractivity contribution in [3.05, 3.63) is 152 Å². The topological polar surface area (TPSA) is 56.7 Å². The van der Waals surface area contributed by atoms with Crippen molar-refractivity contribution in [3.8, 4) is 33.9 Å². The van der Waals surface area contributed by atoms with E-state index >= 15 is 0 Å². The predicted molar refractivity (Wildman–Crippen MR) is 189 cm³/mol. The van der Waals surface area contributed by atoms with E-state index in [1.807, 2.05) is 67.3 Å². The van der Waals surface area contributed by atoms with Gasteiger partial charge < -0.3 is 4.74 Å². The van der Waals surface area contributed by atoms with E-state index < -0.39 is 0 Å². The average Bonchev–Trinajstić information content (AvgIpc) is 3.82. The van der Waals surface area contributed by atoms with Crippen molar-refractivity contribution in [1.82, 2.24) is 23.8 Å². The molecule has 10 rings (SSSR count). The first-order valence-electron chi connectivity index (χ1n) is 15.6. The van der Waals surface area contributed by atoms with Gasteiger partial charge in [-0.3, -0.25) is 8.80 Å². The highest BCUT2D eigenvalue weighted by molar-refractivity contribution is 6.13. The fourth-order valence-electron chi connectivity index (χ4n) is 6.97. The number of hydrogen-bond acceptors (Lipinski definition) is 4. The lowest BCUT2D eigenvalue weighted by atomic mass is 10.0. The minimum atomic E-state index is 0.735. The van der Waals surface area contributed by atoms with Crippen LogP contribution in [0.4, 0.5) is 0 Å². The maximum absolute atomic E-state index is 6.57. The number of imidazole rings is 2. The number of rotatable bonds is 4. The lowest BCUT2D eigenvalue weighted by Crippen LogP contribution is -1.96. The number of ether oxygens (including phenoxy) is 1. The quantitative estimate of drug-likeness (QED) is 0.188. The number of aromatic nitrogens is 5. The minimum Gasteiger partial charge on any atom is -0.457 e. The second-order valence-corrected chi connectivity index (χ2v) is 11.8. The van der Waals surface area contributed by atoms with E-state index in [4.69, 9.17) is 19.7 Å². The van der Waals surface area contributed by atoms with Crippen molar-refractivity contribution in [3.63, 3.8) is 0 Å². The Morgan fingerprint density at radius 1 is 0.447 bits per heavy atom. The third-order valence-electron chi connectivity index (χ3n) is 9.11. The van der Waals surface area contributed by atoms with Crippen molar-refractivity contribution >= 4 is 54.8 Å². The minimum absolute atomic E-state index is 0.735. The van der Waals surface area contributed by atoms with Gasteiger partial charge in [0, 0.05) is 45.7 Å². The molecule has 5 aromatic carbocycles. The van der Waals surface area contributed by atoms with Gasteiger partial charge in [0.2, 0.25) is 0 Å². The maximum atomic E-state index is 6.57. The SMILES string of the molecule is c1ccc(-c2ccc3c4ccc(Oc5ccc6c7cccnc7n7c(-c8ccccc8)cnc7c6c5)cc4c4nccn4c3c2)cc1. The van der Waals surface area contributed by atoms with Crippen LogP contribution in [0.25, 0.3) is 77.2 Å². The molecule has 6 heteroatoms. The fraction of sp³-hybridized carbons (Fsp3) is 0. The van der Waals surface area contributed by atoms with E-state index in [0.717, 1.165) is 72.1 Å². The van der Waals surface area contributed by atoms with Crippen LogP contribution in [0.5, 0.6) is 11.5 Å². The van der Waals surface area contributed by atoms with Gasteiger partial charge in [0.1, 0.15) is 28.4 Å². The van der Waals surface area contributed by atoms with Crippen molar-refractivity contribution in [2.45, 2.75) is 0 Å². The first-order valence-corrected chi connectivity index (χ1v) is 15.6. The Bertz CT molecular complexity index is 2820. The molecule has 0 atom stereocenters. The van der Waals surface area contributed by atoms with Crippen molar-refractivity contribution in [2.24, 2.45) is 0 Å². The second kappa shape index (κ2) is 9.99. The molecule has 0 aliphatic rings. The smallest absolute Gasteiger partial charge is 0.146 e. The van der Waals surface area contributed by atoms with E-state index in [-0.39, 0.29) is 0 Å². The van der Waals surface area contributed by atoms with Crippen LogP contribution in [0.3, 0.4) is 0 Å². The van der Waals surface area contributed by atoms with Crippen LogP contribution in [0, 0.1) is 0 Å². The van der Waals surface area contributed by atoms with Crippen molar-refractivity contribution in [2.75, 3.05) is 0 Å². The molecule has 0 aliphatic carbocycles. The molecule has 0 spiro atoms. The molecule has 6 nitrogen and oxygen atoms in total. The van der Waals surface area contributed by atoms with Crippen LogP contribution in [0.2, 0.25) is 0 Å². The Labute approximate surface area is 268 Å². The number of benzene rings is 5. The van der Waals surface area contributed by atoms with Gasteiger partial charge in [-0.2, -0.15) is 0 Å². The Morgan fingerprint density at radius 2 is 1.11 bits per heavy atom. The summed E-state index contributed by atoms with van der Waals surface area (Å²) in [4.78, 5) is 14.5. The summed E-state index contributed by atoms with van der Waals surface area (Å²) in [6, 6.07) is 44.0. The van der Waals surface area contributed by atoms with Gasteiger partial charge in [-0.25, -0.2) is 15.0 Å². The van der Waals surface area contributed by atoms with Crippen LogP contribution in [0.1, 0.15) is 0 Å². The van der Waals surface area contributed by atoms with Gasteiger partial charge in [0.15, 0.2) is 0 Å². The molecule has 0 fully saturated rings. The summed E-state index contributed by atoms with van der Waals surface area (Å²) in [5.74, 6) is 1.48. The zero-order chi connectivity index (χ0) is 30.9. The molecule has 0 N–H and O–H groups in total. The molecular formula is C41H25N5O. The average molecular weight is 604 g/mol. The summed E-state index contributed by atoms with van der Waals surface area (Å²) in [5.41, 5.74) is 8.19. The molecule has 0 aliphatic heterocycles. The van der Waals surface area contributed by atoms with E-state index in [2.05, 4.69) is 93.7 Å². The Hall–Kier alpha value is -6.53. The lowest BCUT2D eigenvalue weighted by Gasteiger charge is -2.13. The normalized spacial score (nSPS) is 11.8. The summed E-state index contributed by atoms with van der Waals surface area (Å²) < 4.78 is 10.9. The van der Waals surface area contributed by atoms with Crippen LogP contribution in [0.15, 0.2) is 152 Å².